The zero-order chi connectivity index (χ0) is 23.4. The van der Waals surface area contributed by atoms with Gasteiger partial charge in [-0.3, -0.25) is 4.79 Å². The molecule has 1 aliphatic heterocycles. The molecule has 180 valence electrons. The molecule has 2 aliphatic carbocycles. The van der Waals surface area contributed by atoms with Crippen molar-refractivity contribution in [1.82, 2.24) is 24.7 Å². The number of alkyl halides is 2. The van der Waals surface area contributed by atoms with Crippen LogP contribution in [-0.4, -0.2) is 44.5 Å². The van der Waals surface area contributed by atoms with Crippen molar-refractivity contribution in [1.29, 1.82) is 0 Å². The molecule has 6 rings (SSSR count). The van der Waals surface area contributed by atoms with Crippen molar-refractivity contribution in [2.75, 3.05) is 18.5 Å². The summed E-state index contributed by atoms with van der Waals surface area (Å²) in [6, 6.07) is 3.12. The maximum Gasteiger partial charge on any atom is 0.333 e. The van der Waals surface area contributed by atoms with E-state index in [9.17, 15) is 13.6 Å². The van der Waals surface area contributed by atoms with Crippen molar-refractivity contribution in [3.05, 3.63) is 30.3 Å². The Bertz CT molecular complexity index is 1230. The first-order valence-corrected chi connectivity index (χ1v) is 11.7. The number of anilines is 1. The van der Waals surface area contributed by atoms with Crippen LogP contribution in [0.5, 0.6) is 5.75 Å². The lowest BCUT2D eigenvalue weighted by Gasteiger charge is -2.27. The number of amides is 1. The molecule has 2 saturated carbocycles. The smallest absolute Gasteiger partial charge is 0.333 e. The van der Waals surface area contributed by atoms with Gasteiger partial charge in [0.2, 0.25) is 5.91 Å². The Labute approximate surface area is 193 Å². The fourth-order valence-electron chi connectivity index (χ4n) is 4.62. The predicted octanol–water partition coefficient (Wildman–Crippen LogP) is 3.85. The molecule has 1 saturated heterocycles. The van der Waals surface area contributed by atoms with Crippen LogP contribution in [0.1, 0.15) is 38.7 Å². The van der Waals surface area contributed by atoms with Crippen molar-refractivity contribution in [2.24, 2.45) is 17.8 Å². The number of hydrogen-bond acceptors (Lipinski definition) is 5. The van der Waals surface area contributed by atoms with E-state index in [0.29, 0.717) is 22.8 Å². The van der Waals surface area contributed by atoms with Gasteiger partial charge in [-0.2, -0.15) is 18.6 Å². The normalized spacial score (nSPS) is 23.8. The number of carbonyl (C=O) groups is 1. The monoisotopic (exact) mass is 474 g/mol. The van der Waals surface area contributed by atoms with E-state index in [1.807, 2.05) is 0 Å². The summed E-state index contributed by atoms with van der Waals surface area (Å²) in [5.41, 5.74) is 0.431. The maximum atomic E-state index is 15.2. The third-order valence-corrected chi connectivity index (χ3v) is 6.99. The average molecular weight is 474 g/mol. The molecule has 2 N–H and O–H groups in total. The van der Waals surface area contributed by atoms with Gasteiger partial charge in [0.25, 0.3) is 0 Å². The minimum Gasteiger partial charge on any atom is -0.488 e. The second-order valence-corrected chi connectivity index (χ2v) is 9.51. The Morgan fingerprint density at radius 2 is 2.15 bits per heavy atom. The van der Waals surface area contributed by atoms with Crippen molar-refractivity contribution >= 4 is 17.2 Å². The van der Waals surface area contributed by atoms with Crippen molar-refractivity contribution in [3.8, 4) is 17.0 Å². The third kappa shape index (κ3) is 4.02. The summed E-state index contributed by atoms with van der Waals surface area (Å²) < 4.78 is 50.0. The van der Waals surface area contributed by atoms with Gasteiger partial charge >= 0.3 is 6.55 Å². The lowest BCUT2D eigenvalue weighted by atomic mass is 10.1. The van der Waals surface area contributed by atoms with E-state index < -0.39 is 12.4 Å². The summed E-state index contributed by atoms with van der Waals surface area (Å²) >= 11 is 0. The van der Waals surface area contributed by atoms with Crippen molar-refractivity contribution < 1.29 is 22.7 Å². The van der Waals surface area contributed by atoms with Gasteiger partial charge in [0.05, 0.1) is 6.20 Å². The fraction of sp³-hybridized carbons (Fsp3) is 0.522. The van der Waals surface area contributed by atoms with Crippen LogP contribution in [-0.2, 0) is 4.79 Å². The summed E-state index contributed by atoms with van der Waals surface area (Å²) in [4.78, 5) is 12.5. The molecule has 8 nitrogen and oxygen atoms in total. The average Bonchev–Trinajstić information content (AvgIpc) is 3.69. The van der Waals surface area contributed by atoms with E-state index in [1.54, 1.807) is 6.07 Å². The number of pyridine rings is 1. The Balaban J connectivity index is 1.25. The Morgan fingerprint density at radius 1 is 1.32 bits per heavy atom. The third-order valence-electron chi connectivity index (χ3n) is 6.99. The van der Waals surface area contributed by atoms with E-state index >= 15 is 4.39 Å². The van der Waals surface area contributed by atoms with Crippen LogP contribution >= 0.6 is 0 Å². The van der Waals surface area contributed by atoms with Crippen LogP contribution in [0.25, 0.3) is 16.8 Å². The SMILES string of the molecule is O=C(Nc1nn2ccc(-c3c(OC[C@H]4CCN4)cnn3C(F)F)cc2c1F)C1CC1CC1CC1. The summed E-state index contributed by atoms with van der Waals surface area (Å²) in [6.45, 7) is -1.67. The first-order chi connectivity index (χ1) is 16.5. The number of hydrogen-bond donors (Lipinski definition) is 2. The predicted molar refractivity (Wildman–Crippen MR) is 117 cm³/mol. The molecule has 2 unspecified atom stereocenters. The van der Waals surface area contributed by atoms with Crippen LogP contribution in [0.2, 0.25) is 0 Å². The molecule has 3 aromatic heterocycles. The summed E-state index contributed by atoms with van der Waals surface area (Å²) in [7, 11) is 0. The molecular weight excluding hydrogens is 449 g/mol. The molecule has 0 bridgehead atoms. The molecule has 3 atom stereocenters. The molecule has 1 amide bonds. The molecular formula is C23H25F3N6O2. The van der Waals surface area contributed by atoms with Crippen LogP contribution in [0.3, 0.4) is 0 Å². The van der Waals surface area contributed by atoms with Gasteiger partial charge in [-0.25, -0.2) is 8.91 Å². The zero-order valence-corrected chi connectivity index (χ0v) is 18.4. The minimum absolute atomic E-state index is 0.0592. The first-order valence-electron chi connectivity index (χ1n) is 11.7. The molecule has 0 spiro atoms. The lowest BCUT2D eigenvalue weighted by molar-refractivity contribution is -0.117. The fourth-order valence-corrected chi connectivity index (χ4v) is 4.62. The van der Waals surface area contributed by atoms with Gasteiger partial charge in [0.15, 0.2) is 17.4 Å². The van der Waals surface area contributed by atoms with Gasteiger partial charge in [0, 0.05) is 23.7 Å². The molecule has 34 heavy (non-hydrogen) atoms. The topological polar surface area (TPSA) is 85.5 Å². The number of fused-ring (bicyclic) bond motifs is 1. The highest BCUT2D eigenvalue weighted by Gasteiger charge is 2.45. The number of ether oxygens (including phenoxy) is 1. The molecule has 11 heteroatoms. The minimum atomic E-state index is -2.89. The van der Waals surface area contributed by atoms with Crippen LogP contribution < -0.4 is 15.4 Å². The number of carbonyl (C=O) groups excluding carboxylic acids is 1. The maximum absolute atomic E-state index is 15.2. The van der Waals surface area contributed by atoms with Crippen LogP contribution in [0.4, 0.5) is 19.0 Å². The van der Waals surface area contributed by atoms with E-state index in [1.165, 1.54) is 35.8 Å². The largest absolute Gasteiger partial charge is 0.488 e. The number of aromatic nitrogens is 4. The van der Waals surface area contributed by atoms with E-state index in [0.717, 1.165) is 31.7 Å². The van der Waals surface area contributed by atoms with E-state index in [2.05, 4.69) is 20.8 Å². The zero-order valence-electron chi connectivity index (χ0n) is 18.4. The highest BCUT2D eigenvalue weighted by molar-refractivity contribution is 5.94. The Hall–Kier alpha value is -3.08. The standard InChI is InChI=1S/C23H25F3N6O2/c24-19-17-9-13(20-18(10-28-32(20)23(25)26)34-11-15-3-5-27-15)4-6-31(17)30-21(19)29-22(33)16-8-14(16)7-12-1-2-12/h4,6,9-10,12,14-16,23,27H,1-3,5,7-8,11H2,(H,29,30,33)/t14?,15-,16?/m1/s1. The number of nitrogens with zero attached hydrogens (tertiary/aromatic N) is 4. The number of nitrogens with one attached hydrogen (secondary N) is 2. The summed E-state index contributed by atoms with van der Waals surface area (Å²) in [5, 5.41) is 13.7. The molecule has 4 heterocycles. The van der Waals surface area contributed by atoms with Gasteiger partial charge in [-0.05, 0) is 49.8 Å². The molecule has 3 aromatic rings. The summed E-state index contributed by atoms with van der Waals surface area (Å²) in [6.07, 6.45) is 8.03. The van der Waals surface area contributed by atoms with Crippen molar-refractivity contribution in [2.45, 2.75) is 44.7 Å². The second-order valence-electron chi connectivity index (χ2n) is 9.51. The van der Waals surface area contributed by atoms with Gasteiger partial charge in [-0.1, -0.05) is 12.8 Å². The van der Waals surface area contributed by atoms with Gasteiger partial charge < -0.3 is 15.4 Å². The highest BCUT2D eigenvalue weighted by Crippen LogP contribution is 2.49. The Kier molecular flexibility index (Phi) is 5.23. The molecule has 0 aromatic carbocycles. The second kappa shape index (κ2) is 8.30. The lowest BCUT2D eigenvalue weighted by Crippen LogP contribution is -2.46. The molecule has 0 radical (unpaired) electrons. The van der Waals surface area contributed by atoms with E-state index in [4.69, 9.17) is 4.74 Å². The molecule has 3 aliphatic rings. The van der Waals surface area contributed by atoms with Gasteiger partial charge in [0.1, 0.15) is 17.8 Å². The highest BCUT2D eigenvalue weighted by atomic mass is 19.3. The quantitative estimate of drug-likeness (QED) is 0.492. The van der Waals surface area contributed by atoms with Crippen molar-refractivity contribution in [3.63, 3.8) is 0 Å². The number of rotatable bonds is 9. The first kappa shape index (κ1) is 21.5. The van der Waals surface area contributed by atoms with E-state index in [-0.39, 0.29) is 40.6 Å². The molecule has 3 fully saturated rings. The van der Waals surface area contributed by atoms with Gasteiger partial charge in [-0.15, -0.1) is 5.10 Å². The number of halogens is 3. The Morgan fingerprint density at radius 3 is 2.85 bits per heavy atom. The summed E-state index contributed by atoms with van der Waals surface area (Å²) in [5.74, 6) is 0.140. The van der Waals surface area contributed by atoms with Crippen LogP contribution in [0, 0.1) is 23.6 Å². The van der Waals surface area contributed by atoms with Crippen LogP contribution in [0.15, 0.2) is 24.5 Å².